The number of para-hydroxylation sites is 1. The number of nitrogens with one attached hydrogen (secondary N) is 1. The number of ether oxygens (including phenoxy) is 2. The lowest BCUT2D eigenvalue weighted by Gasteiger charge is -2.13. The van der Waals surface area contributed by atoms with Crippen molar-refractivity contribution in [1.82, 2.24) is 4.90 Å². The highest BCUT2D eigenvalue weighted by Crippen LogP contribution is 2.32. The first-order valence-electron chi connectivity index (χ1n) is 11.0. The van der Waals surface area contributed by atoms with Crippen LogP contribution >= 0.6 is 11.8 Å². The molecule has 1 saturated heterocycles. The Balaban J connectivity index is 1.32. The Morgan fingerprint density at radius 3 is 2.46 bits per heavy atom. The van der Waals surface area contributed by atoms with Gasteiger partial charge in [0, 0.05) is 5.69 Å². The van der Waals surface area contributed by atoms with Gasteiger partial charge >= 0.3 is 0 Å². The average molecular weight is 489 g/mol. The highest BCUT2D eigenvalue weighted by Gasteiger charge is 2.34. The van der Waals surface area contributed by atoms with E-state index in [1.165, 1.54) is 4.90 Å². The number of aryl methyl sites for hydroxylation is 1. The second kappa shape index (κ2) is 11.4. The largest absolute Gasteiger partial charge is 0.492 e. The first-order chi connectivity index (χ1) is 17.0. The molecule has 4 rings (SSSR count). The quantitative estimate of drug-likeness (QED) is 0.421. The van der Waals surface area contributed by atoms with E-state index in [9.17, 15) is 14.4 Å². The van der Waals surface area contributed by atoms with E-state index in [2.05, 4.69) is 5.32 Å². The van der Waals surface area contributed by atoms with E-state index >= 15 is 0 Å². The summed E-state index contributed by atoms with van der Waals surface area (Å²) in [6.07, 6.45) is 1.64. The van der Waals surface area contributed by atoms with E-state index in [-0.39, 0.29) is 36.8 Å². The summed E-state index contributed by atoms with van der Waals surface area (Å²) in [4.78, 5) is 38.8. The van der Waals surface area contributed by atoms with Gasteiger partial charge in [-0.1, -0.05) is 48.0 Å². The molecule has 0 saturated carbocycles. The number of carbonyl (C=O) groups excluding carboxylic acids is 3. The maximum Gasteiger partial charge on any atom is 0.293 e. The number of carbonyl (C=O) groups is 3. The SMILES string of the molecule is Cc1ccc(NC(=O)COc2cccc(/C=C3\SC(=O)N(CCOc4ccccc4)C3=O)c2)cc1. The average Bonchev–Trinajstić information content (AvgIpc) is 3.12. The molecule has 3 aromatic carbocycles. The van der Waals surface area contributed by atoms with Crippen molar-refractivity contribution in [3.8, 4) is 11.5 Å². The molecule has 0 bridgehead atoms. The minimum absolute atomic E-state index is 0.157. The second-order valence-corrected chi connectivity index (χ2v) is 8.76. The Kier molecular flexibility index (Phi) is 7.84. The third-order valence-electron chi connectivity index (χ3n) is 5.06. The van der Waals surface area contributed by atoms with E-state index in [1.54, 1.807) is 30.3 Å². The van der Waals surface area contributed by atoms with E-state index in [0.29, 0.717) is 27.7 Å². The van der Waals surface area contributed by atoms with Crippen molar-refractivity contribution in [3.63, 3.8) is 0 Å². The maximum absolute atomic E-state index is 12.7. The van der Waals surface area contributed by atoms with E-state index in [1.807, 2.05) is 61.5 Å². The van der Waals surface area contributed by atoms with Crippen molar-refractivity contribution in [1.29, 1.82) is 0 Å². The first-order valence-corrected chi connectivity index (χ1v) is 11.8. The molecule has 8 heteroatoms. The smallest absolute Gasteiger partial charge is 0.293 e. The van der Waals surface area contributed by atoms with Gasteiger partial charge in [-0.3, -0.25) is 19.3 Å². The van der Waals surface area contributed by atoms with Crippen LogP contribution in [0, 0.1) is 6.92 Å². The van der Waals surface area contributed by atoms with Crippen LogP contribution in [0.1, 0.15) is 11.1 Å². The van der Waals surface area contributed by atoms with Crippen molar-refractivity contribution in [2.45, 2.75) is 6.92 Å². The number of rotatable bonds is 9. The Morgan fingerprint density at radius 1 is 0.943 bits per heavy atom. The molecule has 0 spiro atoms. The molecule has 0 unspecified atom stereocenters. The lowest BCUT2D eigenvalue weighted by Crippen LogP contribution is -2.32. The Morgan fingerprint density at radius 2 is 1.69 bits per heavy atom. The van der Waals surface area contributed by atoms with Crippen LogP contribution in [-0.2, 0) is 9.59 Å². The van der Waals surface area contributed by atoms with Gasteiger partial charge in [-0.2, -0.15) is 0 Å². The number of hydrogen-bond acceptors (Lipinski definition) is 6. The van der Waals surface area contributed by atoms with Crippen molar-refractivity contribution in [2.24, 2.45) is 0 Å². The lowest BCUT2D eigenvalue weighted by atomic mass is 10.2. The van der Waals surface area contributed by atoms with Crippen LogP contribution in [0.25, 0.3) is 6.08 Å². The standard InChI is InChI=1S/C27H24N2O5S/c1-19-10-12-21(13-11-19)28-25(30)18-34-23-9-5-6-20(16-23)17-24-26(31)29(27(32)35-24)14-15-33-22-7-3-2-4-8-22/h2-13,16-17H,14-15,18H2,1H3,(H,28,30)/b24-17-. The summed E-state index contributed by atoms with van der Waals surface area (Å²) >= 11 is 0.887. The fourth-order valence-electron chi connectivity index (χ4n) is 3.29. The molecular weight excluding hydrogens is 464 g/mol. The first kappa shape index (κ1) is 24.1. The zero-order valence-corrected chi connectivity index (χ0v) is 19.9. The number of benzene rings is 3. The number of anilines is 1. The Hall–Kier alpha value is -4.04. The molecule has 7 nitrogen and oxygen atoms in total. The monoisotopic (exact) mass is 488 g/mol. The van der Waals surface area contributed by atoms with Crippen molar-refractivity contribution >= 4 is 40.6 Å². The van der Waals surface area contributed by atoms with Crippen LogP contribution in [-0.4, -0.2) is 41.7 Å². The zero-order valence-electron chi connectivity index (χ0n) is 19.1. The molecule has 0 aromatic heterocycles. The minimum atomic E-state index is -0.361. The van der Waals surface area contributed by atoms with E-state index in [4.69, 9.17) is 9.47 Å². The van der Waals surface area contributed by atoms with Crippen LogP contribution in [0.4, 0.5) is 10.5 Å². The fraction of sp³-hybridized carbons (Fsp3) is 0.148. The summed E-state index contributed by atoms with van der Waals surface area (Å²) in [5.41, 5.74) is 2.49. The van der Waals surface area contributed by atoms with Crippen molar-refractivity contribution in [2.75, 3.05) is 25.1 Å². The van der Waals surface area contributed by atoms with Gasteiger partial charge in [-0.05, 0) is 66.7 Å². The maximum atomic E-state index is 12.7. The molecule has 178 valence electrons. The van der Waals surface area contributed by atoms with Gasteiger partial charge in [-0.15, -0.1) is 0 Å². The van der Waals surface area contributed by atoms with Crippen molar-refractivity contribution in [3.05, 3.63) is 94.9 Å². The molecule has 3 aromatic rings. The molecule has 1 N–H and O–H groups in total. The summed E-state index contributed by atoms with van der Waals surface area (Å²) in [7, 11) is 0. The van der Waals surface area contributed by atoms with Gasteiger partial charge in [0.05, 0.1) is 11.4 Å². The van der Waals surface area contributed by atoms with E-state index < -0.39 is 0 Å². The molecule has 1 aliphatic heterocycles. The third-order valence-corrected chi connectivity index (χ3v) is 5.97. The molecule has 1 fully saturated rings. The number of amides is 3. The normalized spacial score (nSPS) is 14.3. The Bertz CT molecular complexity index is 1240. The third kappa shape index (κ3) is 6.74. The highest BCUT2D eigenvalue weighted by molar-refractivity contribution is 8.18. The molecular formula is C27H24N2O5S. The number of nitrogens with zero attached hydrogens (tertiary/aromatic N) is 1. The lowest BCUT2D eigenvalue weighted by molar-refractivity contribution is -0.123. The van der Waals surface area contributed by atoms with Gasteiger partial charge in [0.15, 0.2) is 6.61 Å². The zero-order chi connectivity index (χ0) is 24.6. The van der Waals surface area contributed by atoms with Crippen LogP contribution in [0.5, 0.6) is 11.5 Å². The second-order valence-electron chi connectivity index (χ2n) is 7.77. The minimum Gasteiger partial charge on any atom is -0.492 e. The van der Waals surface area contributed by atoms with Crippen LogP contribution in [0.15, 0.2) is 83.8 Å². The van der Waals surface area contributed by atoms with E-state index in [0.717, 1.165) is 17.3 Å². The predicted molar refractivity (Wildman–Crippen MR) is 136 cm³/mol. The number of imide groups is 1. The molecule has 1 heterocycles. The highest BCUT2D eigenvalue weighted by atomic mass is 32.2. The topological polar surface area (TPSA) is 84.9 Å². The van der Waals surface area contributed by atoms with Gasteiger partial charge in [0.2, 0.25) is 0 Å². The number of thioether (sulfide) groups is 1. The van der Waals surface area contributed by atoms with Crippen LogP contribution in [0.2, 0.25) is 0 Å². The molecule has 1 aliphatic rings. The van der Waals surface area contributed by atoms with Gasteiger partial charge in [-0.25, -0.2) is 0 Å². The summed E-state index contributed by atoms with van der Waals surface area (Å²) in [5.74, 6) is 0.520. The summed E-state index contributed by atoms with van der Waals surface area (Å²) in [6, 6.07) is 23.7. The van der Waals surface area contributed by atoms with Crippen molar-refractivity contribution < 1.29 is 23.9 Å². The summed E-state index contributed by atoms with van der Waals surface area (Å²) in [6.45, 7) is 2.19. The van der Waals surface area contributed by atoms with Crippen LogP contribution in [0.3, 0.4) is 0 Å². The summed E-state index contributed by atoms with van der Waals surface area (Å²) in [5, 5.41) is 2.44. The van der Waals surface area contributed by atoms with Gasteiger partial charge in [0.1, 0.15) is 18.1 Å². The number of hydrogen-bond donors (Lipinski definition) is 1. The molecule has 35 heavy (non-hydrogen) atoms. The Labute approximate surface area is 207 Å². The fourth-order valence-corrected chi connectivity index (χ4v) is 4.16. The predicted octanol–water partition coefficient (Wildman–Crippen LogP) is 5.13. The van der Waals surface area contributed by atoms with Gasteiger partial charge < -0.3 is 14.8 Å². The summed E-state index contributed by atoms with van der Waals surface area (Å²) < 4.78 is 11.2. The molecule has 0 radical (unpaired) electrons. The molecule has 3 amide bonds. The van der Waals surface area contributed by atoms with Gasteiger partial charge in [0.25, 0.3) is 17.1 Å². The molecule has 0 aliphatic carbocycles. The van der Waals surface area contributed by atoms with Crippen LogP contribution < -0.4 is 14.8 Å². The molecule has 0 atom stereocenters.